The zero-order valence-electron chi connectivity index (χ0n) is 9.58. The minimum Gasteiger partial charge on any atom is -0.489 e. The standard InChI is InChI=1S/C13H17NO2/c1-9-4-11-12(5-10(9)6-14)16-8-13(2-3-13)7-15-11/h4-5H,2-3,6-8,14H2,1H3. The molecule has 0 aromatic heterocycles. The molecule has 1 aliphatic heterocycles. The lowest BCUT2D eigenvalue weighted by atomic mass is 10.1. The summed E-state index contributed by atoms with van der Waals surface area (Å²) in [6.07, 6.45) is 2.45. The summed E-state index contributed by atoms with van der Waals surface area (Å²) in [5.41, 5.74) is 8.30. The van der Waals surface area contributed by atoms with Gasteiger partial charge in [0.15, 0.2) is 11.5 Å². The molecule has 1 aromatic carbocycles. The molecular weight excluding hydrogens is 202 g/mol. The van der Waals surface area contributed by atoms with Crippen molar-refractivity contribution in [2.75, 3.05) is 13.2 Å². The van der Waals surface area contributed by atoms with E-state index in [0.29, 0.717) is 12.0 Å². The van der Waals surface area contributed by atoms with Crippen LogP contribution in [0.5, 0.6) is 11.5 Å². The van der Waals surface area contributed by atoms with Gasteiger partial charge in [-0.15, -0.1) is 0 Å². The van der Waals surface area contributed by atoms with Crippen molar-refractivity contribution in [3.05, 3.63) is 23.3 Å². The Balaban J connectivity index is 1.94. The monoisotopic (exact) mass is 219 g/mol. The summed E-state index contributed by atoms with van der Waals surface area (Å²) in [6.45, 7) is 4.19. The van der Waals surface area contributed by atoms with Crippen molar-refractivity contribution < 1.29 is 9.47 Å². The van der Waals surface area contributed by atoms with Crippen molar-refractivity contribution in [2.45, 2.75) is 26.3 Å². The van der Waals surface area contributed by atoms with Crippen LogP contribution >= 0.6 is 0 Å². The van der Waals surface area contributed by atoms with Crippen LogP contribution in [0.4, 0.5) is 0 Å². The second-order valence-corrected chi connectivity index (χ2v) is 5.01. The molecule has 0 radical (unpaired) electrons. The van der Waals surface area contributed by atoms with Gasteiger partial charge in [0.2, 0.25) is 0 Å². The molecule has 3 rings (SSSR count). The summed E-state index contributed by atoms with van der Waals surface area (Å²) in [7, 11) is 0. The van der Waals surface area contributed by atoms with Crippen LogP contribution in [0.2, 0.25) is 0 Å². The normalized spacial score (nSPS) is 20.6. The van der Waals surface area contributed by atoms with Gasteiger partial charge in [0, 0.05) is 12.0 Å². The van der Waals surface area contributed by atoms with Crippen molar-refractivity contribution in [3.63, 3.8) is 0 Å². The molecule has 1 spiro atoms. The van der Waals surface area contributed by atoms with E-state index in [4.69, 9.17) is 15.2 Å². The van der Waals surface area contributed by atoms with Crippen LogP contribution in [0.3, 0.4) is 0 Å². The topological polar surface area (TPSA) is 44.5 Å². The van der Waals surface area contributed by atoms with Crippen molar-refractivity contribution in [1.82, 2.24) is 0 Å². The zero-order chi connectivity index (χ0) is 11.2. The first-order valence-electron chi connectivity index (χ1n) is 5.82. The average Bonchev–Trinajstić information content (AvgIpc) is 3.07. The van der Waals surface area contributed by atoms with Gasteiger partial charge in [0.05, 0.1) is 13.2 Å². The molecule has 2 N–H and O–H groups in total. The van der Waals surface area contributed by atoms with E-state index in [2.05, 4.69) is 6.92 Å². The van der Waals surface area contributed by atoms with Crippen LogP contribution in [0.1, 0.15) is 24.0 Å². The van der Waals surface area contributed by atoms with Crippen LogP contribution in [0.15, 0.2) is 12.1 Å². The summed E-state index contributed by atoms with van der Waals surface area (Å²) >= 11 is 0. The molecule has 3 nitrogen and oxygen atoms in total. The number of hydrogen-bond acceptors (Lipinski definition) is 3. The maximum Gasteiger partial charge on any atom is 0.161 e. The molecule has 0 bridgehead atoms. The molecule has 0 unspecified atom stereocenters. The third-order valence-corrected chi connectivity index (χ3v) is 3.65. The molecule has 16 heavy (non-hydrogen) atoms. The zero-order valence-corrected chi connectivity index (χ0v) is 9.58. The Kier molecular flexibility index (Phi) is 2.11. The smallest absolute Gasteiger partial charge is 0.161 e. The number of nitrogens with two attached hydrogens (primary N) is 1. The lowest BCUT2D eigenvalue weighted by Crippen LogP contribution is -2.17. The molecule has 0 amide bonds. The molecule has 0 atom stereocenters. The van der Waals surface area contributed by atoms with E-state index >= 15 is 0 Å². The Morgan fingerprint density at radius 1 is 1.19 bits per heavy atom. The van der Waals surface area contributed by atoms with Gasteiger partial charge < -0.3 is 15.2 Å². The highest BCUT2D eigenvalue weighted by atomic mass is 16.5. The number of ether oxygens (including phenoxy) is 2. The molecule has 1 aliphatic carbocycles. The van der Waals surface area contributed by atoms with Gasteiger partial charge in [-0.05, 0) is 43.0 Å². The van der Waals surface area contributed by atoms with E-state index in [-0.39, 0.29) is 0 Å². The maximum absolute atomic E-state index is 5.84. The molecule has 0 saturated heterocycles. The minimum absolute atomic E-state index is 0.301. The van der Waals surface area contributed by atoms with Crippen LogP contribution in [0, 0.1) is 12.3 Å². The van der Waals surface area contributed by atoms with Gasteiger partial charge in [0.1, 0.15) is 0 Å². The maximum atomic E-state index is 5.84. The first-order valence-corrected chi connectivity index (χ1v) is 5.82. The summed E-state index contributed by atoms with van der Waals surface area (Å²) in [6, 6.07) is 4.06. The molecule has 3 heteroatoms. The fourth-order valence-corrected chi connectivity index (χ4v) is 2.12. The van der Waals surface area contributed by atoms with Crippen molar-refractivity contribution in [1.29, 1.82) is 0 Å². The Morgan fingerprint density at radius 2 is 1.81 bits per heavy atom. The summed E-state index contributed by atoms with van der Waals surface area (Å²) < 4.78 is 11.7. The summed E-state index contributed by atoms with van der Waals surface area (Å²) in [5.74, 6) is 1.73. The largest absolute Gasteiger partial charge is 0.489 e. The van der Waals surface area contributed by atoms with Gasteiger partial charge in [-0.3, -0.25) is 0 Å². The lowest BCUT2D eigenvalue weighted by molar-refractivity contribution is 0.197. The van der Waals surface area contributed by atoms with Crippen molar-refractivity contribution in [2.24, 2.45) is 11.1 Å². The van der Waals surface area contributed by atoms with E-state index in [1.807, 2.05) is 12.1 Å². The summed E-state index contributed by atoms with van der Waals surface area (Å²) in [5, 5.41) is 0. The van der Waals surface area contributed by atoms with Gasteiger partial charge in [-0.25, -0.2) is 0 Å². The number of hydrogen-bond donors (Lipinski definition) is 1. The molecule has 2 aliphatic rings. The van der Waals surface area contributed by atoms with E-state index < -0.39 is 0 Å². The minimum atomic E-state index is 0.301. The third-order valence-electron chi connectivity index (χ3n) is 3.65. The highest BCUT2D eigenvalue weighted by molar-refractivity contribution is 5.47. The molecule has 86 valence electrons. The first kappa shape index (κ1) is 9.97. The average molecular weight is 219 g/mol. The fraction of sp³-hybridized carbons (Fsp3) is 0.538. The second kappa shape index (κ2) is 3.39. The van der Waals surface area contributed by atoms with Gasteiger partial charge in [-0.1, -0.05) is 0 Å². The molecular formula is C13H17NO2. The Morgan fingerprint density at radius 3 is 2.38 bits per heavy atom. The number of benzene rings is 1. The Bertz CT molecular complexity index is 424. The van der Waals surface area contributed by atoms with Gasteiger partial charge in [0.25, 0.3) is 0 Å². The summed E-state index contributed by atoms with van der Waals surface area (Å²) in [4.78, 5) is 0. The van der Waals surface area contributed by atoms with Gasteiger partial charge >= 0.3 is 0 Å². The number of fused-ring (bicyclic) bond motifs is 1. The van der Waals surface area contributed by atoms with Crippen LogP contribution in [-0.2, 0) is 6.54 Å². The highest BCUT2D eigenvalue weighted by Gasteiger charge is 2.46. The second-order valence-electron chi connectivity index (χ2n) is 5.01. The van der Waals surface area contributed by atoms with Crippen molar-refractivity contribution in [3.8, 4) is 11.5 Å². The van der Waals surface area contributed by atoms with Crippen molar-refractivity contribution >= 4 is 0 Å². The number of aryl methyl sites for hydroxylation is 1. The molecule has 1 aromatic rings. The van der Waals surface area contributed by atoms with E-state index in [9.17, 15) is 0 Å². The quantitative estimate of drug-likeness (QED) is 0.785. The lowest BCUT2D eigenvalue weighted by Gasteiger charge is -2.10. The van der Waals surface area contributed by atoms with Gasteiger partial charge in [-0.2, -0.15) is 0 Å². The molecule has 1 heterocycles. The first-order chi connectivity index (χ1) is 7.72. The molecule has 1 fully saturated rings. The van der Waals surface area contributed by atoms with Crippen LogP contribution in [0.25, 0.3) is 0 Å². The van der Waals surface area contributed by atoms with E-state index in [1.165, 1.54) is 18.4 Å². The predicted octanol–water partition coefficient (Wildman–Crippen LogP) is 2.01. The predicted molar refractivity (Wildman–Crippen MR) is 61.7 cm³/mol. The fourth-order valence-electron chi connectivity index (χ4n) is 2.12. The third kappa shape index (κ3) is 1.55. The highest BCUT2D eigenvalue weighted by Crippen LogP contribution is 2.49. The van der Waals surface area contributed by atoms with E-state index in [1.54, 1.807) is 0 Å². The Hall–Kier alpha value is -1.22. The number of rotatable bonds is 1. The Labute approximate surface area is 95.5 Å². The van der Waals surface area contributed by atoms with Crippen LogP contribution in [-0.4, -0.2) is 13.2 Å². The molecule has 1 saturated carbocycles. The van der Waals surface area contributed by atoms with E-state index in [0.717, 1.165) is 30.3 Å². The van der Waals surface area contributed by atoms with Crippen LogP contribution < -0.4 is 15.2 Å². The SMILES string of the molecule is Cc1cc2c(cc1CN)OCC1(CC1)CO2.